The number of nitrogens with zero attached hydrogens (tertiary/aromatic N) is 1. The topological polar surface area (TPSA) is 20.3 Å². The Hall–Kier alpha value is -1.71. The molecule has 0 saturated carbocycles. The van der Waals surface area contributed by atoms with E-state index in [0.29, 0.717) is 0 Å². The fourth-order valence-electron chi connectivity index (χ4n) is 3.45. The third-order valence-electron chi connectivity index (χ3n) is 4.66. The van der Waals surface area contributed by atoms with Gasteiger partial charge in [-0.3, -0.25) is 0 Å². The van der Waals surface area contributed by atoms with E-state index in [1.54, 1.807) is 0 Å². The summed E-state index contributed by atoms with van der Waals surface area (Å²) in [7, 11) is 1.11. The van der Waals surface area contributed by atoms with Crippen molar-refractivity contribution in [3.8, 4) is 0 Å². The third-order valence-corrected chi connectivity index (χ3v) is 6.17. The third kappa shape index (κ3) is 2.16. The van der Waals surface area contributed by atoms with Gasteiger partial charge in [0.15, 0.2) is 0 Å². The van der Waals surface area contributed by atoms with Crippen molar-refractivity contribution in [2.24, 2.45) is 0 Å². The smallest absolute Gasteiger partial charge is 0.0862 e. The molecule has 0 N–H and O–H groups in total. The maximum absolute atomic E-state index is 12.9. The van der Waals surface area contributed by atoms with Gasteiger partial charge in [-0.1, -0.05) is 42.0 Å². The molecule has 112 valence electrons. The van der Waals surface area contributed by atoms with Crippen molar-refractivity contribution in [1.29, 1.82) is 0 Å². The van der Waals surface area contributed by atoms with Crippen LogP contribution in [0.25, 0.3) is 5.57 Å². The summed E-state index contributed by atoms with van der Waals surface area (Å²) in [4.78, 5) is 4.30. The molecular weight excluding hydrogens is 290 g/mol. The second kappa shape index (κ2) is 5.49. The first-order chi connectivity index (χ1) is 10.8. The molecule has 0 amide bonds. The minimum absolute atomic E-state index is 0.961. The van der Waals surface area contributed by atoms with Crippen molar-refractivity contribution in [3.63, 3.8) is 0 Å². The molecule has 4 rings (SSSR count). The average molecular weight is 309 g/mol. The molecule has 2 aliphatic rings. The normalized spacial score (nSPS) is 21.4. The van der Waals surface area contributed by atoms with Gasteiger partial charge in [-0.25, -0.2) is 4.21 Å². The van der Waals surface area contributed by atoms with Crippen LogP contribution in [-0.2, 0) is 10.8 Å². The quantitative estimate of drug-likeness (QED) is 0.631. The summed E-state index contributed by atoms with van der Waals surface area (Å²) in [6.45, 7) is 2.21. The van der Waals surface area contributed by atoms with Crippen LogP contribution in [-0.4, -0.2) is 29.2 Å². The van der Waals surface area contributed by atoms with Gasteiger partial charge in [0.1, 0.15) is 0 Å². The van der Waals surface area contributed by atoms with E-state index in [-0.39, 0.29) is 0 Å². The Morgan fingerprint density at radius 1 is 0.864 bits per heavy atom. The summed E-state index contributed by atoms with van der Waals surface area (Å²) in [5.74, 6) is 0. The first kappa shape index (κ1) is 13.9. The van der Waals surface area contributed by atoms with Crippen LogP contribution >= 0.6 is 0 Å². The van der Waals surface area contributed by atoms with E-state index in [0.717, 1.165) is 35.7 Å². The molecule has 0 radical (unpaired) electrons. The van der Waals surface area contributed by atoms with Gasteiger partial charge in [0.2, 0.25) is 0 Å². The first-order valence-corrected chi connectivity index (χ1v) is 8.92. The Balaban J connectivity index is 1.97. The van der Waals surface area contributed by atoms with Crippen LogP contribution in [0.5, 0.6) is 0 Å². The lowest BCUT2D eigenvalue weighted by Crippen LogP contribution is -2.27. The molecule has 0 atom stereocenters. The van der Waals surface area contributed by atoms with Crippen LogP contribution in [0.1, 0.15) is 24.0 Å². The second-order valence-electron chi connectivity index (χ2n) is 6.04. The van der Waals surface area contributed by atoms with E-state index in [1.165, 1.54) is 22.3 Å². The summed E-state index contributed by atoms with van der Waals surface area (Å²) in [5.41, 5.74) is 5.17. The summed E-state index contributed by atoms with van der Waals surface area (Å²) >= 11 is 0. The van der Waals surface area contributed by atoms with E-state index in [4.69, 9.17) is 0 Å². The average Bonchev–Trinajstić information content (AvgIpc) is 2.57. The van der Waals surface area contributed by atoms with Gasteiger partial charge in [0, 0.05) is 13.1 Å². The zero-order valence-corrected chi connectivity index (χ0v) is 13.5. The van der Waals surface area contributed by atoms with Crippen molar-refractivity contribution in [2.45, 2.75) is 22.6 Å². The van der Waals surface area contributed by atoms with Gasteiger partial charge < -0.3 is 4.90 Å². The minimum Gasteiger partial charge on any atom is -0.306 e. The van der Waals surface area contributed by atoms with Crippen molar-refractivity contribution < 1.29 is 4.21 Å². The largest absolute Gasteiger partial charge is 0.306 e. The van der Waals surface area contributed by atoms with E-state index in [2.05, 4.69) is 36.2 Å². The van der Waals surface area contributed by atoms with Gasteiger partial charge in [-0.2, -0.15) is 0 Å². The molecule has 3 heteroatoms. The van der Waals surface area contributed by atoms with Gasteiger partial charge in [0.25, 0.3) is 0 Å². The number of likely N-dealkylation sites (tertiary alicyclic amines) is 1. The Bertz CT molecular complexity index is 732. The lowest BCUT2D eigenvalue weighted by molar-refractivity contribution is 0.313. The van der Waals surface area contributed by atoms with E-state index in [9.17, 15) is 4.21 Å². The standard InChI is InChI=1S/C19H19NOS/c1-20-12-10-14(11-13-20)19-15-6-2-4-8-17(15)22(21)18-9-5-3-7-16(18)19/h2-9H,10-13H2,1H3. The predicted octanol–water partition coefficient (Wildman–Crippen LogP) is 3.69. The van der Waals surface area contributed by atoms with Crippen molar-refractivity contribution in [2.75, 3.05) is 20.1 Å². The molecule has 1 saturated heterocycles. The van der Waals surface area contributed by atoms with Crippen molar-refractivity contribution >= 4 is 16.4 Å². The molecule has 2 nitrogen and oxygen atoms in total. The molecule has 1 fully saturated rings. The van der Waals surface area contributed by atoms with Crippen LogP contribution < -0.4 is 0 Å². The first-order valence-electron chi connectivity index (χ1n) is 7.77. The van der Waals surface area contributed by atoms with Crippen LogP contribution in [0.4, 0.5) is 0 Å². The van der Waals surface area contributed by atoms with Gasteiger partial charge in [-0.05, 0) is 48.7 Å². The van der Waals surface area contributed by atoms with E-state index in [1.807, 2.05) is 24.3 Å². The number of fused-ring (bicyclic) bond motifs is 2. The van der Waals surface area contributed by atoms with Crippen molar-refractivity contribution in [1.82, 2.24) is 4.90 Å². The van der Waals surface area contributed by atoms with E-state index < -0.39 is 10.8 Å². The summed E-state index contributed by atoms with van der Waals surface area (Å²) in [6.07, 6.45) is 2.20. The van der Waals surface area contributed by atoms with Gasteiger partial charge in [0.05, 0.1) is 20.6 Å². The lowest BCUT2D eigenvalue weighted by Gasteiger charge is -2.30. The van der Waals surface area contributed by atoms with Crippen LogP contribution in [0.3, 0.4) is 0 Å². The number of hydrogen-bond acceptors (Lipinski definition) is 2. The fraction of sp³-hybridized carbons (Fsp3) is 0.263. The van der Waals surface area contributed by atoms with Gasteiger partial charge >= 0.3 is 0 Å². The molecule has 2 aromatic carbocycles. The number of benzene rings is 2. The Morgan fingerprint density at radius 3 is 1.91 bits per heavy atom. The Morgan fingerprint density at radius 2 is 1.36 bits per heavy atom. The summed E-state index contributed by atoms with van der Waals surface area (Å²) < 4.78 is 12.9. The molecule has 0 aromatic heterocycles. The van der Waals surface area contributed by atoms with Crippen LogP contribution in [0.2, 0.25) is 0 Å². The monoisotopic (exact) mass is 309 g/mol. The lowest BCUT2D eigenvalue weighted by atomic mass is 9.88. The predicted molar refractivity (Wildman–Crippen MR) is 90.3 cm³/mol. The molecule has 2 aromatic rings. The molecular formula is C19H19NOS. The summed E-state index contributed by atoms with van der Waals surface area (Å²) in [6, 6.07) is 16.4. The number of hydrogen-bond donors (Lipinski definition) is 0. The molecule has 22 heavy (non-hydrogen) atoms. The Kier molecular flexibility index (Phi) is 3.47. The molecule has 0 aliphatic carbocycles. The Labute approximate surface area is 133 Å². The summed E-state index contributed by atoms with van der Waals surface area (Å²) in [5, 5.41) is 0. The number of rotatable bonds is 0. The van der Waals surface area contributed by atoms with Gasteiger partial charge in [-0.15, -0.1) is 0 Å². The SMILES string of the molecule is CN1CCC(=C2c3ccccc3S(=O)c3ccccc32)CC1. The molecule has 0 bridgehead atoms. The molecule has 0 unspecified atom stereocenters. The second-order valence-corrected chi connectivity index (χ2v) is 7.46. The zero-order valence-electron chi connectivity index (χ0n) is 12.7. The molecule has 2 heterocycles. The highest BCUT2D eigenvalue weighted by Gasteiger charge is 2.28. The highest BCUT2D eigenvalue weighted by molar-refractivity contribution is 7.85. The maximum atomic E-state index is 12.9. The fourth-order valence-corrected chi connectivity index (χ4v) is 4.83. The van der Waals surface area contributed by atoms with Crippen LogP contribution in [0, 0.1) is 0 Å². The minimum atomic E-state index is -1.07. The highest BCUT2D eigenvalue weighted by atomic mass is 32.2. The van der Waals surface area contributed by atoms with Crippen molar-refractivity contribution in [3.05, 3.63) is 65.2 Å². The van der Waals surface area contributed by atoms with E-state index >= 15 is 0 Å². The molecule has 0 spiro atoms. The molecule has 2 aliphatic heterocycles. The number of piperidine rings is 1. The van der Waals surface area contributed by atoms with Crippen LogP contribution in [0.15, 0.2) is 63.9 Å². The highest BCUT2D eigenvalue weighted by Crippen LogP contribution is 2.42. The zero-order chi connectivity index (χ0) is 15.1. The maximum Gasteiger partial charge on any atom is 0.0862 e.